The maximum atomic E-state index is 13.1. The van der Waals surface area contributed by atoms with Crippen LogP contribution in [0.1, 0.15) is 40.4 Å². The van der Waals surface area contributed by atoms with Gasteiger partial charge in [0.15, 0.2) is 12.4 Å². The molecule has 1 aliphatic rings. The van der Waals surface area contributed by atoms with Crippen molar-refractivity contribution in [3.05, 3.63) is 65.5 Å². The van der Waals surface area contributed by atoms with Crippen LogP contribution in [0.15, 0.2) is 53.8 Å². The van der Waals surface area contributed by atoms with E-state index >= 15 is 0 Å². The van der Waals surface area contributed by atoms with Crippen molar-refractivity contribution >= 4 is 23.5 Å². The second-order valence-electron chi connectivity index (χ2n) is 6.09. The summed E-state index contributed by atoms with van der Waals surface area (Å²) in [6, 6.07) is 11.3. The zero-order valence-corrected chi connectivity index (χ0v) is 14.2. The Kier molecular flexibility index (Phi) is 4.53. The second-order valence-corrected chi connectivity index (χ2v) is 6.51. The highest BCUT2D eigenvalue weighted by atomic mass is 32.1. The highest BCUT2D eigenvalue weighted by Gasteiger charge is 2.30. The molecule has 3 nitrogen and oxygen atoms in total. The molecule has 0 spiro atoms. The summed E-state index contributed by atoms with van der Waals surface area (Å²) in [4.78, 5) is 17.6. The Balaban J connectivity index is 2.00. The van der Waals surface area contributed by atoms with Crippen LogP contribution in [0.2, 0.25) is 0 Å². The van der Waals surface area contributed by atoms with Crippen LogP contribution < -0.4 is 4.57 Å². The number of aryl methyl sites for hydroxylation is 2. The Morgan fingerprint density at radius 2 is 1.87 bits per heavy atom. The number of rotatable bonds is 5. The van der Waals surface area contributed by atoms with Gasteiger partial charge in [-0.25, -0.2) is 0 Å². The lowest BCUT2D eigenvalue weighted by Crippen LogP contribution is -2.47. The molecule has 0 N–H and O–H groups in total. The van der Waals surface area contributed by atoms with Crippen molar-refractivity contribution in [3.8, 4) is 0 Å². The Morgan fingerprint density at radius 3 is 2.48 bits per heavy atom. The summed E-state index contributed by atoms with van der Waals surface area (Å²) < 4.78 is 1.85. The van der Waals surface area contributed by atoms with Gasteiger partial charge in [0.25, 0.3) is 0 Å². The summed E-state index contributed by atoms with van der Waals surface area (Å²) >= 11 is 5.50. The molecule has 23 heavy (non-hydrogen) atoms. The molecule has 1 heterocycles. The molecule has 1 fully saturated rings. The molecule has 1 aromatic carbocycles. The minimum atomic E-state index is -0.547. The molecule has 2 aromatic rings. The van der Waals surface area contributed by atoms with Crippen molar-refractivity contribution in [2.45, 2.75) is 38.8 Å². The number of nitrogens with zero attached hydrogens (tertiary/aromatic N) is 2. The number of aromatic nitrogens is 1. The molecule has 3 rings (SSSR count). The Morgan fingerprint density at radius 1 is 1.17 bits per heavy atom. The predicted molar refractivity (Wildman–Crippen MR) is 93.7 cm³/mol. The topological polar surface area (TPSA) is 33.3 Å². The van der Waals surface area contributed by atoms with Crippen LogP contribution in [0.4, 0.5) is 0 Å². The maximum Gasteiger partial charge on any atom is 0.237 e. The van der Waals surface area contributed by atoms with Crippen molar-refractivity contribution in [1.82, 2.24) is 0 Å². The summed E-state index contributed by atoms with van der Waals surface area (Å²) in [5, 5.41) is 0.479. The molecule has 0 bridgehead atoms. The van der Waals surface area contributed by atoms with Crippen LogP contribution in [0.3, 0.4) is 0 Å². The summed E-state index contributed by atoms with van der Waals surface area (Å²) in [6.45, 7) is 4.06. The van der Waals surface area contributed by atoms with Gasteiger partial charge in [-0.15, -0.1) is 0 Å². The lowest BCUT2D eigenvalue weighted by Gasteiger charge is -2.19. The first-order chi connectivity index (χ1) is 11.1. The van der Waals surface area contributed by atoms with E-state index in [0.717, 1.165) is 18.4 Å². The van der Waals surface area contributed by atoms with E-state index in [0.29, 0.717) is 16.6 Å². The molecule has 0 radical (unpaired) electrons. The van der Waals surface area contributed by atoms with Gasteiger partial charge in [-0.2, -0.15) is 4.57 Å². The van der Waals surface area contributed by atoms with Gasteiger partial charge in [0.1, 0.15) is 0 Å². The predicted octanol–water partition coefficient (Wildman–Crippen LogP) is 3.12. The molecule has 1 aromatic heterocycles. The standard InChI is InChI=1S/C19H20N2OS/c1-13-6-7-15(12-14(13)2)18(22)17(19(23)20-16-8-9-16)21-10-4-3-5-11-21/h3-7,10-12,16-17H,8-9H2,1-2H3/t17-/m1/s1. The van der Waals surface area contributed by atoms with E-state index in [1.54, 1.807) is 0 Å². The third kappa shape index (κ3) is 3.64. The minimum Gasteiger partial charge on any atom is -0.758 e. The number of hydrogen-bond donors (Lipinski definition) is 0. The van der Waals surface area contributed by atoms with E-state index < -0.39 is 6.04 Å². The number of carbonyl (C=O) groups excluding carboxylic acids is 1. The van der Waals surface area contributed by atoms with Crippen LogP contribution >= 0.6 is 0 Å². The molecular formula is C19H20N2OS. The monoisotopic (exact) mass is 324 g/mol. The van der Waals surface area contributed by atoms with E-state index in [4.69, 9.17) is 12.6 Å². The van der Waals surface area contributed by atoms with E-state index in [1.807, 2.05) is 67.2 Å². The third-order valence-electron chi connectivity index (χ3n) is 4.17. The van der Waals surface area contributed by atoms with Gasteiger partial charge in [0.2, 0.25) is 11.8 Å². The number of hydrogen-bond acceptors (Lipinski definition) is 3. The first kappa shape index (κ1) is 15.8. The quantitative estimate of drug-likeness (QED) is 0.278. The van der Waals surface area contributed by atoms with E-state index in [1.165, 1.54) is 5.56 Å². The number of carbonyl (C=O) groups is 1. The Bertz CT molecular complexity index is 751. The Hall–Kier alpha value is -2.07. The number of Topliss-reactive ketones (excluding diaryl/α,β-unsaturated/α-hetero) is 1. The first-order valence-electron chi connectivity index (χ1n) is 7.88. The van der Waals surface area contributed by atoms with Gasteiger partial charge in [-0.1, -0.05) is 18.2 Å². The molecule has 0 amide bonds. The van der Waals surface area contributed by atoms with Crippen LogP contribution in [-0.4, -0.2) is 16.9 Å². The lowest BCUT2D eigenvalue weighted by atomic mass is 9.99. The van der Waals surface area contributed by atoms with Crippen molar-refractivity contribution in [2.75, 3.05) is 0 Å². The van der Waals surface area contributed by atoms with Crippen molar-refractivity contribution in [3.63, 3.8) is 0 Å². The normalized spacial score (nSPS) is 16.2. The van der Waals surface area contributed by atoms with E-state index in [2.05, 4.69) is 4.99 Å². The van der Waals surface area contributed by atoms with Crippen molar-refractivity contribution < 1.29 is 9.36 Å². The van der Waals surface area contributed by atoms with Crippen LogP contribution in [0.5, 0.6) is 0 Å². The summed E-state index contributed by atoms with van der Waals surface area (Å²) in [5.74, 6) is -0.00120. The smallest absolute Gasteiger partial charge is 0.237 e. The van der Waals surface area contributed by atoms with E-state index in [9.17, 15) is 4.79 Å². The molecule has 1 saturated carbocycles. The third-order valence-corrected chi connectivity index (χ3v) is 4.50. The van der Waals surface area contributed by atoms with Gasteiger partial charge in [-0.05, 0) is 48.9 Å². The zero-order valence-electron chi connectivity index (χ0n) is 13.4. The highest BCUT2D eigenvalue weighted by molar-refractivity contribution is 7.77. The minimum absolute atomic E-state index is 0.00120. The molecule has 118 valence electrons. The molecule has 0 saturated heterocycles. The van der Waals surface area contributed by atoms with Gasteiger partial charge in [0, 0.05) is 23.7 Å². The van der Waals surface area contributed by atoms with Gasteiger partial charge < -0.3 is 17.6 Å². The largest absolute Gasteiger partial charge is 0.758 e. The molecule has 0 aliphatic heterocycles. The maximum absolute atomic E-state index is 13.1. The van der Waals surface area contributed by atoms with Crippen LogP contribution in [-0.2, 0) is 12.6 Å². The number of benzene rings is 1. The fourth-order valence-corrected chi connectivity index (χ4v) is 2.84. The summed E-state index contributed by atoms with van der Waals surface area (Å²) in [7, 11) is 0. The van der Waals surface area contributed by atoms with Gasteiger partial charge in [-0.3, -0.25) is 4.79 Å². The summed E-state index contributed by atoms with van der Waals surface area (Å²) in [6.07, 6.45) is 5.89. The number of pyridine rings is 1. The molecule has 1 atom stereocenters. The van der Waals surface area contributed by atoms with Crippen LogP contribution in [0, 0.1) is 13.8 Å². The summed E-state index contributed by atoms with van der Waals surface area (Å²) in [5.41, 5.74) is 2.97. The fourth-order valence-electron chi connectivity index (χ4n) is 2.47. The molecular weight excluding hydrogens is 304 g/mol. The molecule has 0 unspecified atom stereocenters. The Labute approximate surface area is 142 Å². The highest BCUT2D eigenvalue weighted by Crippen LogP contribution is 2.25. The first-order valence-corrected chi connectivity index (χ1v) is 8.29. The van der Waals surface area contributed by atoms with Crippen molar-refractivity contribution in [2.24, 2.45) is 4.99 Å². The average Bonchev–Trinajstić information content (AvgIpc) is 3.35. The second kappa shape index (κ2) is 6.59. The number of ketones is 1. The SMILES string of the molecule is Cc1ccc(C(=O)[C@H](C([S-])=NC2CC2)[n+]2ccccc2)cc1C. The molecule has 1 aliphatic carbocycles. The lowest BCUT2D eigenvalue weighted by molar-refractivity contribution is -0.691. The van der Waals surface area contributed by atoms with E-state index in [-0.39, 0.29) is 5.78 Å². The van der Waals surface area contributed by atoms with Crippen LogP contribution in [0.25, 0.3) is 0 Å². The van der Waals surface area contributed by atoms with Gasteiger partial charge in [0.05, 0.1) is 0 Å². The number of aliphatic imine (C=N–C) groups is 1. The molecule has 4 heteroatoms. The van der Waals surface area contributed by atoms with Gasteiger partial charge >= 0.3 is 0 Å². The average molecular weight is 324 g/mol. The zero-order chi connectivity index (χ0) is 16.4. The fraction of sp³-hybridized carbons (Fsp3) is 0.316. The van der Waals surface area contributed by atoms with Crippen molar-refractivity contribution in [1.29, 1.82) is 0 Å².